The second-order valence-corrected chi connectivity index (χ2v) is 8.98. The molecule has 2 N–H and O–H groups in total. The molecule has 1 heterocycles. The van der Waals surface area contributed by atoms with Crippen LogP contribution < -0.4 is 10.0 Å². The first-order chi connectivity index (χ1) is 12.8. The van der Waals surface area contributed by atoms with Crippen LogP contribution in [0, 0.1) is 13.8 Å². The smallest absolute Gasteiger partial charge is 0.265 e. The summed E-state index contributed by atoms with van der Waals surface area (Å²) in [5.74, 6) is -0.264. The lowest BCUT2D eigenvalue weighted by Crippen LogP contribution is -2.16. The molecular formula is C19H17ClN2O3S2. The molecule has 1 aromatic heterocycles. The van der Waals surface area contributed by atoms with E-state index in [1.807, 2.05) is 18.4 Å². The number of aryl methyl sites for hydroxylation is 2. The molecule has 0 fully saturated rings. The summed E-state index contributed by atoms with van der Waals surface area (Å²) in [6.07, 6.45) is 0. The van der Waals surface area contributed by atoms with Crippen LogP contribution in [-0.4, -0.2) is 14.3 Å². The van der Waals surface area contributed by atoms with Gasteiger partial charge in [-0.25, -0.2) is 8.42 Å². The first kappa shape index (κ1) is 19.4. The zero-order chi connectivity index (χ0) is 19.6. The predicted molar refractivity (Wildman–Crippen MR) is 110 cm³/mol. The first-order valence-corrected chi connectivity index (χ1v) is 10.7. The molecule has 0 bridgehead atoms. The van der Waals surface area contributed by atoms with E-state index in [0.717, 1.165) is 5.56 Å². The molecule has 0 saturated heterocycles. The Balaban J connectivity index is 1.87. The minimum atomic E-state index is -3.82. The molecule has 8 heteroatoms. The van der Waals surface area contributed by atoms with Gasteiger partial charge in [0.1, 0.15) is 0 Å². The van der Waals surface area contributed by atoms with Crippen molar-refractivity contribution >= 4 is 50.2 Å². The molecule has 5 nitrogen and oxygen atoms in total. The van der Waals surface area contributed by atoms with Crippen LogP contribution >= 0.6 is 22.9 Å². The van der Waals surface area contributed by atoms with Gasteiger partial charge in [0.25, 0.3) is 15.9 Å². The van der Waals surface area contributed by atoms with Crippen LogP contribution in [0.3, 0.4) is 0 Å². The molecule has 3 aromatic rings. The summed E-state index contributed by atoms with van der Waals surface area (Å²) < 4.78 is 28.1. The van der Waals surface area contributed by atoms with E-state index < -0.39 is 10.0 Å². The molecule has 0 radical (unpaired) electrons. The van der Waals surface area contributed by atoms with Gasteiger partial charge < -0.3 is 5.32 Å². The van der Waals surface area contributed by atoms with Crippen LogP contribution in [-0.2, 0) is 10.0 Å². The summed E-state index contributed by atoms with van der Waals surface area (Å²) in [5, 5.41) is 5.11. The fourth-order valence-electron chi connectivity index (χ4n) is 2.49. The van der Waals surface area contributed by atoms with E-state index in [1.165, 1.54) is 17.4 Å². The summed E-state index contributed by atoms with van der Waals surface area (Å²) >= 11 is 7.17. The van der Waals surface area contributed by atoms with Crippen molar-refractivity contribution in [1.29, 1.82) is 0 Å². The first-order valence-electron chi connectivity index (χ1n) is 8.01. The molecule has 0 unspecified atom stereocenters. The summed E-state index contributed by atoms with van der Waals surface area (Å²) in [6, 6.07) is 13.0. The summed E-state index contributed by atoms with van der Waals surface area (Å²) in [5.41, 5.74) is 2.26. The molecule has 0 spiro atoms. The zero-order valence-electron chi connectivity index (χ0n) is 14.6. The van der Waals surface area contributed by atoms with Crippen molar-refractivity contribution in [1.82, 2.24) is 0 Å². The molecule has 0 aliphatic rings. The van der Waals surface area contributed by atoms with Gasteiger partial charge in [0, 0.05) is 16.4 Å². The Bertz CT molecular complexity index is 1090. The van der Waals surface area contributed by atoms with Crippen molar-refractivity contribution in [3.05, 3.63) is 74.9 Å². The maximum atomic E-state index is 12.8. The molecule has 0 aliphatic carbocycles. The lowest BCUT2D eigenvalue weighted by Gasteiger charge is -2.13. The molecule has 1 amide bonds. The van der Waals surface area contributed by atoms with Crippen LogP contribution in [0.15, 0.2) is 58.8 Å². The van der Waals surface area contributed by atoms with Crippen LogP contribution in [0.4, 0.5) is 11.4 Å². The number of carbonyl (C=O) groups is 1. The Morgan fingerprint density at radius 1 is 0.963 bits per heavy atom. The number of hydrogen-bond acceptors (Lipinski definition) is 4. The lowest BCUT2D eigenvalue weighted by molar-refractivity contribution is 0.103. The van der Waals surface area contributed by atoms with Crippen LogP contribution in [0.1, 0.15) is 20.8 Å². The van der Waals surface area contributed by atoms with E-state index in [0.29, 0.717) is 26.8 Å². The van der Waals surface area contributed by atoms with Crippen molar-refractivity contribution in [3.8, 4) is 0 Å². The standard InChI is InChI=1S/C19H17ClN2O3S2/c1-12-3-6-16(21-19(23)18-13(2)9-10-26-18)11-17(12)27(24,25)22-15-7-4-14(20)5-8-15/h3-11,22H,1-2H3,(H,21,23). The number of carbonyl (C=O) groups excluding carboxylic acids is 1. The van der Waals surface area contributed by atoms with Gasteiger partial charge in [-0.1, -0.05) is 17.7 Å². The van der Waals surface area contributed by atoms with Crippen molar-refractivity contribution in [2.24, 2.45) is 0 Å². The summed E-state index contributed by atoms with van der Waals surface area (Å²) in [7, 11) is -3.82. The Morgan fingerprint density at radius 2 is 1.63 bits per heavy atom. The third kappa shape index (κ3) is 4.50. The quantitative estimate of drug-likeness (QED) is 0.604. The topological polar surface area (TPSA) is 75.3 Å². The lowest BCUT2D eigenvalue weighted by atomic mass is 10.2. The molecular weight excluding hydrogens is 404 g/mol. The second-order valence-electron chi connectivity index (χ2n) is 5.98. The normalized spacial score (nSPS) is 11.2. The molecule has 3 rings (SSSR count). The highest BCUT2D eigenvalue weighted by molar-refractivity contribution is 7.92. The van der Waals surface area contributed by atoms with Crippen LogP contribution in [0.5, 0.6) is 0 Å². The Labute approximate surface area is 167 Å². The zero-order valence-corrected chi connectivity index (χ0v) is 17.0. The molecule has 0 saturated carbocycles. The summed E-state index contributed by atoms with van der Waals surface area (Å²) in [6.45, 7) is 3.55. The average molecular weight is 421 g/mol. The number of sulfonamides is 1. The van der Waals surface area contributed by atoms with Gasteiger partial charge >= 0.3 is 0 Å². The number of thiophene rings is 1. The van der Waals surface area contributed by atoms with E-state index >= 15 is 0 Å². The third-order valence-electron chi connectivity index (χ3n) is 3.90. The number of hydrogen-bond donors (Lipinski definition) is 2. The Hall–Kier alpha value is -2.35. The van der Waals surface area contributed by atoms with Gasteiger partial charge in [0.2, 0.25) is 0 Å². The largest absolute Gasteiger partial charge is 0.321 e. The third-order valence-corrected chi connectivity index (χ3v) is 6.69. The second kappa shape index (κ2) is 7.72. The number of nitrogens with one attached hydrogen (secondary N) is 2. The average Bonchev–Trinajstić information content (AvgIpc) is 3.04. The molecule has 0 aliphatic heterocycles. The maximum absolute atomic E-state index is 12.8. The van der Waals surface area contributed by atoms with Gasteiger partial charge in [-0.3, -0.25) is 9.52 Å². The summed E-state index contributed by atoms with van der Waals surface area (Å²) in [4.78, 5) is 13.1. The number of benzene rings is 2. The highest BCUT2D eigenvalue weighted by Crippen LogP contribution is 2.25. The molecule has 27 heavy (non-hydrogen) atoms. The SMILES string of the molecule is Cc1ccc(NC(=O)c2sccc2C)cc1S(=O)(=O)Nc1ccc(Cl)cc1. The van der Waals surface area contributed by atoms with E-state index in [2.05, 4.69) is 10.0 Å². The van der Waals surface area contributed by atoms with Gasteiger partial charge in [-0.05, 0) is 72.8 Å². The van der Waals surface area contributed by atoms with Gasteiger partial charge in [0.05, 0.1) is 9.77 Å². The molecule has 2 aromatic carbocycles. The van der Waals surface area contributed by atoms with Gasteiger partial charge in [-0.15, -0.1) is 11.3 Å². The Kier molecular flexibility index (Phi) is 5.55. The number of anilines is 2. The maximum Gasteiger partial charge on any atom is 0.265 e. The van der Waals surface area contributed by atoms with E-state index in [9.17, 15) is 13.2 Å². The predicted octanol–water partition coefficient (Wildman–Crippen LogP) is 5.07. The van der Waals surface area contributed by atoms with Crippen molar-refractivity contribution in [3.63, 3.8) is 0 Å². The Morgan fingerprint density at radius 3 is 2.26 bits per heavy atom. The highest BCUT2D eigenvalue weighted by Gasteiger charge is 2.19. The number of halogens is 1. The monoisotopic (exact) mass is 420 g/mol. The fraction of sp³-hybridized carbons (Fsp3) is 0.105. The van der Waals surface area contributed by atoms with Crippen molar-refractivity contribution in [2.75, 3.05) is 10.0 Å². The van der Waals surface area contributed by atoms with Crippen molar-refractivity contribution in [2.45, 2.75) is 18.7 Å². The van der Waals surface area contributed by atoms with Gasteiger partial charge in [-0.2, -0.15) is 0 Å². The molecule has 140 valence electrons. The van der Waals surface area contributed by atoms with E-state index in [1.54, 1.807) is 43.3 Å². The van der Waals surface area contributed by atoms with E-state index in [-0.39, 0.29) is 10.8 Å². The fourth-order valence-corrected chi connectivity index (χ4v) is 4.77. The molecule has 0 atom stereocenters. The van der Waals surface area contributed by atoms with Crippen LogP contribution in [0.25, 0.3) is 0 Å². The highest BCUT2D eigenvalue weighted by atomic mass is 35.5. The van der Waals surface area contributed by atoms with Crippen LogP contribution in [0.2, 0.25) is 5.02 Å². The number of rotatable bonds is 5. The van der Waals surface area contributed by atoms with Crippen molar-refractivity contribution < 1.29 is 13.2 Å². The van der Waals surface area contributed by atoms with E-state index in [4.69, 9.17) is 11.6 Å². The number of amides is 1. The van der Waals surface area contributed by atoms with Gasteiger partial charge in [0.15, 0.2) is 0 Å². The minimum absolute atomic E-state index is 0.0955. The minimum Gasteiger partial charge on any atom is -0.321 e.